The molecule has 0 spiro atoms. The molecule has 0 bridgehead atoms. The van der Waals surface area contributed by atoms with Crippen molar-refractivity contribution in [2.24, 2.45) is 0 Å². The summed E-state index contributed by atoms with van der Waals surface area (Å²) in [5, 5.41) is 8.91. The van der Waals surface area contributed by atoms with Gasteiger partial charge in [-0.25, -0.2) is 4.79 Å². The number of hydrogen-bond donors (Lipinski definition) is 1. The van der Waals surface area contributed by atoms with Crippen molar-refractivity contribution in [3.63, 3.8) is 0 Å². The van der Waals surface area contributed by atoms with Crippen LogP contribution in [0.1, 0.15) is 5.56 Å². The predicted octanol–water partition coefficient (Wildman–Crippen LogP) is 2.46. The molecule has 0 unspecified atom stereocenters. The summed E-state index contributed by atoms with van der Waals surface area (Å²) in [7, 11) is 3.00. The van der Waals surface area contributed by atoms with E-state index in [0.29, 0.717) is 22.1 Å². The summed E-state index contributed by atoms with van der Waals surface area (Å²) in [5.74, 6) is -0.0391. The van der Waals surface area contributed by atoms with Crippen LogP contribution in [0.25, 0.3) is 6.08 Å². The van der Waals surface area contributed by atoms with E-state index in [2.05, 4.69) is 0 Å². The van der Waals surface area contributed by atoms with Crippen LogP contribution in [0.15, 0.2) is 18.2 Å². The Kier molecular flexibility index (Phi) is 4.19. The SMILES string of the molecule is COc1cc(Cl)c(/C=C/C(=O)O)cc1OC. The average Bonchev–Trinajstić information content (AvgIpc) is 2.26. The number of carbonyl (C=O) groups is 1. The van der Waals surface area contributed by atoms with Crippen molar-refractivity contribution in [3.05, 3.63) is 28.8 Å². The van der Waals surface area contributed by atoms with Crippen LogP contribution in [-0.4, -0.2) is 25.3 Å². The van der Waals surface area contributed by atoms with E-state index in [1.807, 2.05) is 0 Å². The number of ether oxygens (including phenoxy) is 2. The Morgan fingerprint density at radius 3 is 2.38 bits per heavy atom. The van der Waals surface area contributed by atoms with E-state index in [1.54, 1.807) is 12.1 Å². The first-order chi connectivity index (χ1) is 7.58. The van der Waals surface area contributed by atoms with Gasteiger partial charge in [-0.3, -0.25) is 0 Å². The monoisotopic (exact) mass is 242 g/mol. The zero-order valence-electron chi connectivity index (χ0n) is 8.86. The predicted molar refractivity (Wildman–Crippen MR) is 61.2 cm³/mol. The van der Waals surface area contributed by atoms with Crippen LogP contribution < -0.4 is 9.47 Å². The van der Waals surface area contributed by atoms with Gasteiger partial charge in [0.15, 0.2) is 11.5 Å². The Bertz CT molecular complexity index is 426. The molecule has 0 saturated heterocycles. The van der Waals surface area contributed by atoms with Gasteiger partial charge >= 0.3 is 5.97 Å². The normalized spacial score (nSPS) is 10.4. The number of methoxy groups -OCH3 is 2. The first-order valence-electron chi connectivity index (χ1n) is 4.41. The number of hydrogen-bond acceptors (Lipinski definition) is 3. The summed E-state index contributed by atoms with van der Waals surface area (Å²) in [5.41, 5.74) is 0.557. The highest BCUT2D eigenvalue weighted by Gasteiger charge is 2.07. The van der Waals surface area contributed by atoms with Gasteiger partial charge in [-0.2, -0.15) is 0 Å². The molecule has 0 aliphatic heterocycles. The fourth-order valence-corrected chi connectivity index (χ4v) is 1.38. The van der Waals surface area contributed by atoms with E-state index < -0.39 is 5.97 Å². The fourth-order valence-electron chi connectivity index (χ4n) is 1.16. The Balaban J connectivity index is 3.16. The largest absolute Gasteiger partial charge is 0.493 e. The van der Waals surface area contributed by atoms with Gasteiger partial charge in [0, 0.05) is 12.1 Å². The van der Waals surface area contributed by atoms with Crippen LogP contribution in [0.3, 0.4) is 0 Å². The zero-order chi connectivity index (χ0) is 12.1. The van der Waals surface area contributed by atoms with E-state index in [9.17, 15) is 4.79 Å². The van der Waals surface area contributed by atoms with Gasteiger partial charge in [0.05, 0.1) is 19.2 Å². The lowest BCUT2D eigenvalue weighted by molar-refractivity contribution is -0.131. The van der Waals surface area contributed by atoms with Crippen molar-refractivity contribution in [3.8, 4) is 11.5 Å². The van der Waals surface area contributed by atoms with Crippen LogP contribution in [0, 0.1) is 0 Å². The molecule has 0 atom stereocenters. The molecule has 0 aliphatic carbocycles. The second-order valence-electron chi connectivity index (χ2n) is 2.90. The number of rotatable bonds is 4. The molecule has 0 aromatic heterocycles. The summed E-state index contributed by atoms with van der Waals surface area (Å²) >= 11 is 5.94. The van der Waals surface area contributed by atoms with Crippen LogP contribution in [0.4, 0.5) is 0 Å². The number of aliphatic carboxylic acids is 1. The van der Waals surface area contributed by atoms with Crippen LogP contribution in [0.5, 0.6) is 11.5 Å². The molecule has 4 nitrogen and oxygen atoms in total. The molecule has 0 radical (unpaired) electrons. The van der Waals surface area contributed by atoms with Crippen molar-refractivity contribution in [1.82, 2.24) is 0 Å². The van der Waals surface area contributed by atoms with E-state index in [-0.39, 0.29) is 0 Å². The van der Waals surface area contributed by atoms with Crippen molar-refractivity contribution in [2.45, 2.75) is 0 Å². The average molecular weight is 243 g/mol. The highest BCUT2D eigenvalue weighted by atomic mass is 35.5. The molecule has 0 aliphatic rings. The molecule has 0 heterocycles. The molecule has 0 saturated carbocycles. The smallest absolute Gasteiger partial charge is 0.328 e. The van der Waals surface area contributed by atoms with Crippen LogP contribution in [0.2, 0.25) is 5.02 Å². The zero-order valence-corrected chi connectivity index (χ0v) is 9.62. The number of carboxylic acids is 1. The molecule has 0 amide bonds. The molecular formula is C11H11ClO4. The van der Waals surface area contributed by atoms with Crippen LogP contribution in [-0.2, 0) is 4.79 Å². The first-order valence-corrected chi connectivity index (χ1v) is 4.78. The summed E-state index contributed by atoms with van der Waals surface area (Å²) < 4.78 is 10.1. The van der Waals surface area contributed by atoms with Gasteiger partial charge in [-0.1, -0.05) is 11.6 Å². The Morgan fingerprint density at radius 1 is 1.31 bits per heavy atom. The Hall–Kier alpha value is -1.68. The standard InChI is InChI=1S/C11H11ClO4/c1-15-9-5-7(3-4-11(13)14)8(12)6-10(9)16-2/h3-6H,1-2H3,(H,13,14)/b4-3+. The first kappa shape index (κ1) is 12.4. The lowest BCUT2D eigenvalue weighted by atomic mass is 10.2. The topological polar surface area (TPSA) is 55.8 Å². The summed E-state index contributed by atoms with van der Waals surface area (Å²) in [4.78, 5) is 10.4. The fraction of sp³-hybridized carbons (Fsp3) is 0.182. The van der Waals surface area contributed by atoms with Gasteiger partial charge in [-0.05, 0) is 17.7 Å². The maximum absolute atomic E-state index is 10.4. The van der Waals surface area contributed by atoms with Crippen molar-refractivity contribution in [1.29, 1.82) is 0 Å². The second kappa shape index (κ2) is 5.42. The minimum absolute atomic E-state index is 0.398. The molecule has 86 valence electrons. The third kappa shape index (κ3) is 2.90. The molecule has 16 heavy (non-hydrogen) atoms. The third-order valence-corrected chi connectivity index (χ3v) is 2.24. The highest BCUT2D eigenvalue weighted by molar-refractivity contribution is 6.32. The summed E-state index contributed by atoms with van der Waals surface area (Å²) in [6.07, 6.45) is 2.40. The summed E-state index contributed by atoms with van der Waals surface area (Å²) in [6, 6.07) is 3.18. The number of carboxylic acid groups (broad SMARTS) is 1. The number of benzene rings is 1. The molecule has 1 aromatic rings. The lowest BCUT2D eigenvalue weighted by Crippen LogP contribution is -1.92. The minimum atomic E-state index is -1.04. The molecule has 1 N–H and O–H groups in total. The van der Waals surface area contributed by atoms with Gasteiger partial charge < -0.3 is 14.6 Å². The van der Waals surface area contributed by atoms with E-state index >= 15 is 0 Å². The quantitative estimate of drug-likeness (QED) is 0.824. The highest BCUT2D eigenvalue weighted by Crippen LogP contribution is 2.33. The van der Waals surface area contributed by atoms with Gasteiger partial charge in [0.25, 0.3) is 0 Å². The molecule has 5 heteroatoms. The van der Waals surface area contributed by atoms with E-state index in [4.69, 9.17) is 26.2 Å². The molecule has 0 fully saturated rings. The second-order valence-corrected chi connectivity index (χ2v) is 3.31. The van der Waals surface area contributed by atoms with Crippen molar-refractivity contribution in [2.75, 3.05) is 14.2 Å². The molecule has 1 rings (SSSR count). The van der Waals surface area contributed by atoms with Gasteiger partial charge in [0.1, 0.15) is 0 Å². The van der Waals surface area contributed by atoms with Gasteiger partial charge in [0.2, 0.25) is 0 Å². The van der Waals surface area contributed by atoms with Crippen molar-refractivity contribution >= 4 is 23.6 Å². The van der Waals surface area contributed by atoms with Crippen molar-refractivity contribution < 1.29 is 19.4 Å². The summed E-state index contributed by atoms with van der Waals surface area (Å²) in [6.45, 7) is 0. The Labute approximate surface area is 98.1 Å². The Morgan fingerprint density at radius 2 is 1.88 bits per heavy atom. The number of halogens is 1. The molecule has 1 aromatic carbocycles. The minimum Gasteiger partial charge on any atom is -0.493 e. The van der Waals surface area contributed by atoms with Gasteiger partial charge in [-0.15, -0.1) is 0 Å². The van der Waals surface area contributed by atoms with E-state index in [1.165, 1.54) is 20.3 Å². The third-order valence-electron chi connectivity index (χ3n) is 1.91. The van der Waals surface area contributed by atoms with Crippen LogP contribution >= 0.6 is 11.6 Å². The van der Waals surface area contributed by atoms with E-state index in [0.717, 1.165) is 6.08 Å². The maximum atomic E-state index is 10.4. The molecular weight excluding hydrogens is 232 g/mol. The maximum Gasteiger partial charge on any atom is 0.328 e. The lowest BCUT2D eigenvalue weighted by Gasteiger charge is -2.09.